The molecule has 1 aliphatic rings. The van der Waals surface area contributed by atoms with Crippen molar-refractivity contribution in [2.45, 2.75) is 6.42 Å². The molecule has 1 saturated heterocycles. The van der Waals surface area contributed by atoms with E-state index >= 15 is 0 Å². The highest BCUT2D eigenvalue weighted by Gasteiger charge is 1.97. The van der Waals surface area contributed by atoms with Crippen LogP contribution < -0.4 is 0 Å². The summed E-state index contributed by atoms with van der Waals surface area (Å²) in [6.45, 7) is 0. The first-order chi connectivity index (χ1) is 4.50. The van der Waals surface area contributed by atoms with Crippen LogP contribution in [0, 0.1) is 0 Å². The SMILES string of the molecule is C1CSCCSSSC1. The van der Waals surface area contributed by atoms with E-state index in [4.69, 9.17) is 0 Å². The number of thioether (sulfide) groups is 1. The van der Waals surface area contributed by atoms with Crippen LogP contribution in [-0.2, 0) is 0 Å². The Bertz CT molecular complexity index is 37.4. The average molecular weight is 198 g/mol. The van der Waals surface area contributed by atoms with Gasteiger partial charge in [-0.05, 0) is 22.0 Å². The summed E-state index contributed by atoms with van der Waals surface area (Å²) in [5, 5.41) is 0. The summed E-state index contributed by atoms with van der Waals surface area (Å²) in [5.41, 5.74) is 0. The Labute approximate surface area is 72.5 Å². The third-order valence-electron chi connectivity index (χ3n) is 0.924. The van der Waals surface area contributed by atoms with E-state index in [0.717, 1.165) is 0 Å². The van der Waals surface area contributed by atoms with Gasteiger partial charge in [0.05, 0.1) is 0 Å². The zero-order chi connectivity index (χ0) is 6.36. The van der Waals surface area contributed by atoms with Crippen LogP contribution in [0.3, 0.4) is 0 Å². The molecule has 1 fully saturated rings. The van der Waals surface area contributed by atoms with E-state index in [1.807, 2.05) is 31.4 Å². The van der Waals surface area contributed by atoms with Gasteiger partial charge >= 0.3 is 0 Å². The second-order valence-electron chi connectivity index (χ2n) is 1.68. The Kier molecular flexibility index (Phi) is 5.79. The van der Waals surface area contributed by atoms with Gasteiger partial charge in [-0.1, -0.05) is 21.6 Å². The highest BCUT2D eigenvalue weighted by atomic mass is 33.5. The van der Waals surface area contributed by atoms with Crippen molar-refractivity contribution in [1.29, 1.82) is 0 Å². The van der Waals surface area contributed by atoms with Crippen molar-refractivity contribution < 1.29 is 0 Å². The molecule has 0 amide bonds. The van der Waals surface area contributed by atoms with Gasteiger partial charge in [0.15, 0.2) is 0 Å². The predicted octanol–water partition coefficient (Wildman–Crippen LogP) is 3.15. The van der Waals surface area contributed by atoms with Crippen molar-refractivity contribution in [2.24, 2.45) is 0 Å². The van der Waals surface area contributed by atoms with E-state index in [-0.39, 0.29) is 0 Å². The lowest BCUT2D eigenvalue weighted by Crippen LogP contribution is -1.84. The van der Waals surface area contributed by atoms with Gasteiger partial charge in [0.25, 0.3) is 0 Å². The normalized spacial score (nSPS) is 24.0. The van der Waals surface area contributed by atoms with Gasteiger partial charge in [-0.2, -0.15) is 11.8 Å². The maximum Gasteiger partial charge on any atom is 0.0136 e. The van der Waals surface area contributed by atoms with Crippen LogP contribution in [0.25, 0.3) is 0 Å². The summed E-state index contributed by atoms with van der Waals surface area (Å²) >= 11 is 2.09. The Hall–Kier alpha value is 1.40. The van der Waals surface area contributed by atoms with E-state index in [9.17, 15) is 0 Å². The fourth-order valence-corrected chi connectivity index (χ4v) is 5.88. The second kappa shape index (κ2) is 6.13. The molecule has 0 saturated carbocycles. The molecule has 0 nitrogen and oxygen atoms in total. The van der Waals surface area contributed by atoms with Crippen LogP contribution >= 0.6 is 43.2 Å². The molecule has 0 aromatic rings. The lowest BCUT2D eigenvalue weighted by atomic mass is 10.6. The molecular weight excluding hydrogens is 188 g/mol. The van der Waals surface area contributed by atoms with E-state index in [1.54, 1.807) is 0 Å². The maximum absolute atomic E-state index is 2.09. The monoisotopic (exact) mass is 198 g/mol. The first-order valence-electron chi connectivity index (χ1n) is 2.99. The summed E-state index contributed by atoms with van der Waals surface area (Å²) < 4.78 is 0. The van der Waals surface area contributed by atoms with Gasteiger partial charge in [-0.3, -0.25) is 0 Å². The fraction of sp³-hybridized carbons (Fsp3) is 1.00. The molecule has 0 aromatic carbocycles. The molecule has 0 aromatic heterocycles. The van der Waals surface area contributed by atoms with E-state index < -0.39 is 0 Å². The molecule has 0 spiro atoms. The molecule has 0 unspecified atom stereocenters. The van der Waals surface area contributed by atoms with Gasteiger partial charge in [0, 0.05) is 17.3 Å². The van der Waals surface area contributed by atoms with Crippen molar-refractivity contribution in [1.82, 2.24) is 0 Å². The molecule has 0 N–H and O–H groups in total. The smallest absolute Gasteiger partial charge is 0.0136 e. The molecule has 1 heterocycles. The van der Waals surface area contributed by atoms with Crippen molar-refractivity contribution in [3.63, 3.8) is 0 Å². The van der Waals surface area contributed by atoms with Crippen molar-refractivity contribution in [2.75, 3.05) is 23.0 Å². The van der Waals surface area contributed by atoms with Crippen molar-refractivity contribution in [3.8, 4) is 0 Å². The molecule has 4 heteroatoms. The number of hydrogen-bond donors (Lipinski definition) is 0. The Morgan fingerprint density at radius 3 is 2.67 bits per heavy atom. The quantitative estimate of drug-likeness (QED) is 0.548. The Morgan fingerprint density at radius 2 is 1.67 bits per heavy atom. The average Bonchev–Trinajstić information content (AvgIpc) is 2.00. The summed E-state index contributed by atoms with van der Waals surface area (Å²) in [5.74, 6) is 5.37. The Morgan fingerprint density at radius 1 is 0.778 bits per heavy atom. The molecule has 0 radical (unpaired) electrons. The minimum Gasteiger partial charge on any atom is -0.161 e. The number of hydrogen-bond acceptors (Lipinski definition) is 4. The molecule has 9 heavy (non-hydrogen) atoms. The van der Waals surface area contributed by atoms with E-state index in [0.29, 0.717) is 0 Å². The highest BCUT2D eigenvalue weighted by Crippen LogP contribution is 2.36. The highest BCUT2D eigenvalue weighted by molar-refractivity contribution is 9.09. The fourth-order valence-electron chi connectivity index (χ4n) is 0.517. The van der Waals surface area contributed by atoms with Gasteiger partial charge in [-0.15, -0.1) is 0 Å². The van der Waals surface area contributed by atoms with Gasteiger partial charge in [0.2, 0.25) is 0 Å². The first-order valence-corrected chi connectivity index (χ1v) is 7.96. The summed E-state index contributed by atoms with van der Waals surface area (Å²) in [6, 6.07) is 0. The summed E-state index contributed by atoms with van der Waals surface area (Å²) in [6.07, 6.45) is 1.39. The topological polar surface area (TPSA) is 0 Å². The minimum atomic E-state index is 1.32. The molecular formula is C5H10S4. The molecule has 1 aliphatic heterocycles. The van der Waals surface area contributed by atoms with Crippen molar-refractivity contribution in [3.05, 3.63) is 0 Å². The lowest BCUT2D eigenvalue weighted by molar-refractivity contribution is 1.13. The van der Waals surface area contributed by atoms with Crippen LogP contribution in [0.1, 0.15) is 6.42 Å². The Balaban J connectivity index is 2.02. The largest absolute Gasteiger partial charge is 0.161 e. The van der Waals surface area contributed by atoms with Crippen molar-refractivity contribution >= 4 is 43.2 Å². The van der Waals surface area contributed by atoms with Crippen LogP contribution in [0.2, 0.25) is 0 Å². The second-order valence-corrected chi connectivity index (χ2v) is 7.37. The third kappa shape index (κ3) is 4.76. The van der Waals surface area contributed by atoms with Crippen LogP contribution in [-0.4, -0.2) is 23.0 Å². The van der Waals surface area contributed by atoms with Gasteiger partial charge in [0.1, 0.15) is 0 Å². The molecule has 0 atom stereocenters. The van der Waals surface area contributed by atoms with E-state index in [2.05, 4.69) is 11.8 Å². The molecule has 0 bridgehead atoms. The van der Waals surface area contributed by atoms with Crippen LogP contribution in [0.15, 0.2) is 0 Å². The third-order valence-corrected chi connectivity index (χ3v) is 6.58. The summed E-state index contributed by atoms with van der Waals surface area (Å²) in [7, 11) is 5.97. The van der Waals surface area contributed by atoms with Gasteiger partial charge in [-0.25, -0.2) is 0 Å². The minimum absolute atomic E-state index is 1.32. The van der Waals surface area contributed by atoms with Gasteiger partial charge < -0.3 is 0 Å². The molecule has 1 rings (SSSR count). The van der Waals surface area contributed by atoms with Crippen LogP contribution in [0.4, 0.5) is 0 Å². The zero-order valence-corrected chi connectivity index (χ0v) is 8.43. The number of rotatable bonds is 0. The summed E-state index contributed by atoms with van der Waals surface area (Å²) in [4.78, 5) is 0. The van der Waals surface area contributed by atoms with E-state index in [1.165, 1.54) is 29.4 Å². The first kappa shape index (κ1) is 8.50. The lowest BCUT2D eigenvalue weighted by Gasteiger charge is -1.92. The zero-order valence-electron chi connectivity index (χ0n) is 5.17. The standard InChI is InChI=1S/C5H10S4/c1-2-6-4-5-8-9-7-3-1/h1-5H2. The molecule has 54 valence electrons. The predicted molar refractivity (Wildman–Crippen MR) is 54.4 cm³/mol. The van der Waals surface area contributed by atoms with Crippen LogP contribution in [0.5, 0.6) is 0 Å². The maximum atomic E-state index is 2.09. The molecule has 0 aliphatic carbocycles.